The average molecular weight is 345 g/mol. The molecule has 0 aliphatic rings. The fourth-order valence-electron chi connectivity index (χ4n) is 1.93. The summed E-state index contributed by atoms with van der Waals surface area (Å²) >= 11 is 7.23. The van der Waals surface area contributed by atoms with Crippen LogP contribution in [-0.4, -0.2) is 15.9 Å². The van der Waals surface area contributed by atoms with Gasteiger partial charge in [0.05, 0.1) is 18.4 Å². The van der Waals surface area contributed by atoms with Crippen LogP contribution >= 0.6 is 22.9 Å². The lowest BCUT2D eigenvalue weighted by Crippen LogP contribution is -2.11. The van der Waals surface area contributed by atoms with Gasteiger partial charge >= 0.3 is 0 Å². The predicted octanol–water partition coefficient (Wildman–Crippen LogP) is 4.06. The highest BCUT2D eigenvalue weighted by Crippen LogP contribution is 2.19. The first-order valence-electron chi connectivity index (χ1n) is 6.86. The highest BCUT2D eigenvalue weighted by molar-refractivity contribution is 7.15. The second kappa shape index (κ2) is 7.21. The number of aromatic nitrogens is 2. The van der Waals surface area contributed by atoms with E-state index in [1.165, 1.54) is 11.3 Å². The molecule has 23 heavy (non-hydrogen) atoms. The van der Waals surface area contributed by atoms with Crippen molar-refractivity contribution in [3.63, 3.8) is 0 Å². The van der Waals surface area contributed by atoms with Crippen molar-refractivity contribution in [1.29, 1.82) is 0 Å². The number of halogens is 1. The summed E-state index contributed by atoms with van der Waals surface area (Å²) in [5, 5.41) is 6.06. The van der Waals surface area contributed by atoms with Crippen molar-refractivity contribution in [3.8, 4) is 0 Å². The number of hydrogen-bond acceptors (Lipinski definition) is 5. The summed E-state index contributed by atoms with van der Waals surface area (Å²) in [4.78, 5) is 21.1. The van der Waals surface area contributed by atoms with Crippen LogP contribution in [-0.2, 0) is 6.54 Å². The van der Waals surface area contributed by atoms with Gasteiger partial charge in [-0.05, 0) is 36.4 Å². The third kappa shape index (κ3) is 4.28. The molecule has 116 valence electrons. The molecular weight excluding hydrogens is 332 g/mol. The van der Waals surface area contributed by atoms with Crippen molar-refractivity contribution in [3.05, 3.63) is 69.9 Å². The highest BCUT2D eigenvalue weighted by Gasteiger charge is 2.06. The number of carbonyl (C=O) groups is 1. The Morgan fingerprint density at radius 3 is 2.61 bits per heavy atom. The van der Waals surface area contributed by atoms with Gasteiger partial charge in [0.2, 0.25) is 0 Å². The molecule has 3 rings (SSSR count). The first kappa shape index (κ1) is 15.5. The van der Waals surface area contributed by atoms with E-state index in [0.29, 0.717) is 22.3 Å². The lowest BCUT2D eigenvalue weighted by Gasteiger charge is -2.07. The van der Waals surface area contributed by atoms with E-state index < -0.39 is 0 Å². The van der Waals surface area contributed by atoms with Crippen LogP contribution in [0.15, 0.2) is 55.0 Å². The molecule has 0 aliphatic carbocycles. The molecule has 0 spiro atoms. The number of anilines is 2. The number of carbonyl (C=O) groups excluding carboxylic acids is 1. The van der Waals surface area contributed by atoms with E-state index in [9.17, 15) is 4.79 Å². The van der Waals surface area contributed by atoms with Gasteiger partial charge in [0.1, 0.15) is 0 Å². The number of thiazole rings is 1. The normalized spacial score (nSPS) is 10.3. The van der Waals surface area contributed by atoms with Crippen LogP contribution in [0.3, 0.4) is 0 Å². The number of nitrogens with one attached hydrogen (secondary N) is 2. The zero-order valence-electron chi connectivity index (χ0n) is 12.0. The standard InChI is InChI=1S/C16H13ClN4OS/c17-16-20-10-14(23-16)9-19-12-5-3-11(4-6-12)15(22)21-13-2-1-7-18-8-13/h1-8,10,19H,9H2,(H,21,22). The van der Waals surface area contributed by atoms with Crippen molar-refractivity contribution in [2.45, 2.75) is 6.54 Å². The molecule has 2 heterocycles. The Labute approximate surface area is 142 Å². The van der Waals surface area contributed by atoms with E-state index in [1.807, 2.05) is 12.1 Å². The molecule has 3 aromatic rings. The second-order valence-corrected chi connectivity index (χ2v) is 6.40. The van der Waals surface area contributed by atoms with Crippen LogP contribution in [0.2, 0.25) is 4.47 Å². The molecule has 1 amide bonds. The van der Waals surface area contributed by atoms with Gasteiger partial charge in [-0.15, -0.1) is 11.3 Å². The van der Waals surface area contributed by atoms with Gasteiger partial charge in [-0.1, -0.05) is 11.6 Å². The number of rotatable bonds is 5. The minimum atomic E-state index is -0.168. The quantitative estimate of drug-likeness (QED) is 0.732. The summed E-state index contributed by atoms with van der Waals surface area (Å²) in [6, 6.07) is 10.8. The first-order chi connectivity index (χ1) is 11.2. The summed E-state index contributed by atoms with van der Waals surface area (Å²) in [7, 11) is 0. The zero-order valence-corrected chi connectivity index (χ0v) is 13.6. The summed E-state index contributed by atoms with van der Waals surface area (Å²) in [6.45, 7) is 0.644. The molecule has 0 fully saturated rings. The Morgan fingerprint density at radius 1 is 1.13 bits per heavy atom. The van der Waals surface area contributed by atoms with Crippen molar-refractivity contribution in [2.75, 3.05) is 10.6 Å². The minimum Gasteiger partial charge on any atom is -0.380 e. The fourth-order valence-corrected chi connectivity index (χ4v) is 2.85. The van der Waals surface area contributed by atoms with E-state index >= 15 is 0 Å². The molecule has 0 atom stereocenters. The summed E-state index contributed by atoms with van der Waals surface area (Å²) in [6.07, 6.45) is 5.01. The Morgan fingerprint density at radius 2 is 1.96 bits per heavy atom. The van der Waals surface area contributed by atoms with E-state index in [1.54, 1.807) is 42.9 Å². The SMILES string of the molecule is O=C(Nc1cccnc1)c1ccc(NCc2cnc(Cl)s2)cc1. The van der Waals surface area contributed by atoms with E-state index in [2.05, 4.69) is 20.6 Å². The van der Waals surface area contributed by atoms with E-state index in [0.717, 1.165) is 10.6 Å². The van der Waals surface area contributed by atoms with E-state index in [-0.39, 0.29) is 5.91 Å². The van der Waals surface area contributed by atoms with Crippen LogP contribution in [0.1, 0.15) is 15.2 Å². The molecule has 1 aromatic carbocycles. The van der Waals surface area contributed by atoms with Gasteiger partial charge in [0.15, 0.2) is 4.47 Å². The average Bonchev–Trinajstić information content (AvgIpc) is 3.00. The lowest BCUT2D eigenvalue weighted by atomic mass is 10.2. The lowest BCUT2D eigenvalue weighted by molar-refractivity contribution is 0.102. The maximum atomic E-state index is 12.1. The van der Waals surface area contributed by atoms with Crippen molar-refractivity contribution < 1.29 is 4.79 Å². The smallest absolute Gasteiger partial charge is 0.255 e. The van der Waals surface area contributed by atoms with Crippen molar-refractivity contribution >= 4 is 40.2 Å². The van der Waals surface area contributed by atoms with Gasteiger partial charge < -0.3 is 10.6 Å². The molecule has 0 saturated carbocycles. The van der Waals surface area contributed by atoms with E-state index in [4.69, 9.17) is 11.6 Å². The number of benzene rings is 1. The Kier molecular flexibility index (Phi) is 4.85. The molecule has 0 radical (unpaired) electrons. The topological polar surface area (TPSA) is 66.9 Å². The molecular formula is C16H13ClN4OS. The van der Waals surface area contributed by atoms with Crippen LogP contribution < -0.4 is 10.6 Å². The fraction of sp³-hybridized carbons (Fsp3) is 0.0625. The van der Waals surface area contributed by atoms with Gasteiger partial charge in [0.25, 0.3) is 5.91 Å². The van der Waals surface area contributed by atoms with Crippen molar-refractivity contribution in [1.82, 2.24) is 9.97 Å². The maximum absolute atomic E-state index is 12.1. The van der Waals surface area contributed by atoms with Crippen LogP contribution in [0.5, 0.6) is 0 Å². The van der Waals surface area contributed by atoms with Crippen LogP contribution in [0.25, 0.3) is 0 Å². The van der Waals surface area contributed by atoms with Crippen LogP contribution in [0, 0.1) is 0 Å². The highest BCUT2D eigenvalue weighted by atomic mass is 35.5. The van der Waals surface area contributed by atoms with Gasteiger partial charge in [-0.25, -0.2) is 4.98 Å². The molecule has 2 aromatic heterocycles. The number of amides is 1. The third-order valence-corrected chi connectivity index (χ3v) is 4.17. The second-order valence-electron chi connectivity index (χ2n) is 4.71. The van der Waals surface area contributed by atoms with Gasteiger partial charge in [-0.2, -0.15) is 0 Å². The van der Waals surface area contributed by atoms with Gasteiger partial charge in [-0.3, -0.25) is 9.78 Å². The maximum Gasteiger partial charge on any atom is 0.255 e. The number of nitrogens with zero attached hydrogens (tertiary/aromatic N) is 2. The molecule has 0 saturated heterocycles. The van der Waals surface area contributed by atoms with Crippen molar-refractivity contribution in [2.24, 2.45) is 0 Å². The molecule has 2 N–H and O–H groups in total. The molecule has 5 nitrogen and oxygen atoms in total. The van der Waals surface area contributed by atoms with Crippen LogP contribution in [0.4, 0.5) is 11.4 Å². The summed E-state index contributed by atoms with van der Waals surface area (Å²) < 4.78 is 0.532. The zero-order chi connectivity index (χ0) is 16.1. The van der Waals surface area contributed by atoms with Gasteiger partial charge in [0, 0.05) is 28.5 Å². The number of pyridine rings is 1. The molecule has 7 heteroatoms. The Balaban J connectivity index is 1.59. The first-order valence-corrected chi connectivity index (χ1v) is 8.06. The predicted molar refractivity (Wildman–Crippen MR) is 93.1 cm³/mol. The molecule has 0 aliphatic heterocycles. The largest absolute Gasteiger partial charge is 0.380 e. The molecule has 0 unspecified atom stereocenters. The summed E-state index contributed by atoms with van der Waals surface area (Å²) in [5.74, 6) is -0.168. The Bertz CT molecular complexity index is 789. The monoisotopic (exact) mass is 344 g/mol. The third-order valence-electron chi connectivity index (χ3n) is 3.06. The Hall–Kier alpha value is -2.44. The number of hydrogen-bond donors (Lipinski definition) is 2. The summed E-state index contributed by atoms with van der Waals surface area (Å²) in [5.41, 5.74) is 2.18. The minimum absolute atomic E-state index is 0.168. The molecule has 0 bridgehead atoms.